The van der Waals surface area contributed by atoms with Crippen molar-refractivity contribution in [2.75, 3.05) is 49.1 Å². The van der Waals surface area contributed by atoms with E-state index >= 15 is 0 Å². The van der Waals surface area contributed by atoms with E-state index < -0.39 is 0 Å². The number of nitrogens with two attached hydrogens (primary N) is 1. The molecule has 146 valence electrons. The molecule has 1 unspecified atom stereocenters. The Bertz CT molecular complexity index is 721. The second-order valence-electron chi connectivity index (χ2n) is 6.67. The molecule has 2 amide bonds. The van der Waals surface area contributed by atoms with Crippen LogP contribution in [0.3, 0.4) is 0 Å². The quantitative estimate of drug-likeness (QED) is 0.545. The van der Waals surface area contributed by atoms with Crippen molar-refractivity contribution in [3.05, 3.63) is 18.2 Å². The van der Waals surface area contributed by atoms with Gasteiger partial charge in [-0.05, 0) is 23.5 Å². The molecular formula is C18H25N4O4P. The van der Waals surface area contributed by atoms with E-state index in [0.717, 1.165) is 36.1 Å². The molecular weight excluding hydrogens is 367 g/mol. The van der Waals surface area contributed by atoms with Gasteiger partial charge >= 0.3 is 6.09 Å². The fraction of sp³-hybridized carbons (Fsp3) is 0.500. The lowest BCUT2D eigenvalue weighted by Gasteiger charge is -2.37. The normalized spacial score (nSPS) is 20.0. The van der Waals surface area contributed by atoms with Crippen LogP contribution in [0, 0.1) is 0 Å². The van der Waals surface area contributed by atoms with E-state index in [1.54, 1.807) is 4.90 Å². The van der Waals surface area contributed by atoms with Gasteiger partial charge in [-0.1, -0.05) is 0 Å². The number of benzene rings is 1. The molecule has 2 saturated heterocycles. The van der Waals surface area contributed by atoms with E-state index in [-0.39, 0.29) is 30.9 Å². The van der Waals surface area contributed by atoms with Crippen LogP contribution in [0.15, 0.2) is 18.2 Å². The van der Waals surface area contributed by atoms with E-state index in [4.69, 9.17) is 10.5 Å². The van der Waals surface area contributed by atoms with Gasteiger partial charge in [-0.2, -0.15) is 0 Å². The average Bonchev–Trinajstić information content (AvgIpc) is 3.07. The van der Waals surface area contributed by atoms with Gasteiger partial charge in [0.15, 0.2) is 0 Å². The van der Waals surface area contributed by atoms with E-state index in [1.165, 1.54) is 0 Å². The standard InChI is InChI=1S/C18H25N4O4P/c19-11-14-12-22(18(25)26-14)13-3-4-15(16(27)10-13)20-5-7-21(8-6-20)17(24)2-1-9-23/h3-4,9-10,14H,1-2,5-8,11-12,19,27H2/t14-/m0/s1. The van der Waals surface area contributed by atoms with Crippen molar-refractivity contribution < 1.29 is 19.1 Å². The smallest absolute Gasteiger partial charge is 0.414 e. The van der Waals surface area contributed by atoms with E-state index in [9.17, 15) is 14.4 Å². The molecule has 2 aliphatic rings. The van der Waals surface area contributed by atoms with Crippen LogP contribution in [-0.2, 0) is 14.3 Å². The average molecular weight is 392 g/mol. The highest BCUT2D eigenvalue weighted by atomic mass is 31.0. The van der Waals surface area contributed by atoms with Crippen LogP contribution >= 0.6 is 9.24 Å². The fourth-order valence-electron chi connectivity index (χ4n) is 3.39. The van der Waals surface area contributed by atoms with Crippen LogP contribution < -0.4 is 20.8 Å². The number of anilines is 2. The molecule has 3 rings (SSSR count). The molecule has 2 atom stereocenters. The number of carbonyl (C=O) groups excluding carboxylic acids is 3. The van der Waals surface area contributed by atoms with Gasteiger partial charge in [0.25, 0.3) is 0 Å². The molecule has 2 N–H and O–H groups in total. The van der Waals surface area contributed by atoms with Crippen LogP contribution in [0.5, 0.6) is 0 Å². The van der Waals surface area contributed by atoms with Crippen LogP contribution in [0.4, 0.5) is 16.2 Å². The first-order chi connectivity index (χ1) is 13.0. The molecule has 0 aromatic heterocycles. The van der Waals surface area contributed by atoms with Gasteiger partial charge in [0.05, 0.1) is 6.54 Å². The SMILES string of the molecule is NC[C@H]1CN(c2ccc(N3CCN(C(=O)CCC=O)CC3)c(P)c2)C(=O)O1. The van der Waals surface area contributed by atoms with E-state index in [1.807, 2.05) is 23.1 Å². The number of aldehydes is 1. The first-order valence-corrected chi connectivity index (χ1v) is 9.65. The van der Waals surface area contributed by atoms with Gasteiger partial charge in [0, 0.05) is 56.9 Å². The number of hydrogen-bond donors (Lipinski definition) is 1. The Labute approximate surface area is 160 Å². The van der Waals surface area contributed by atoms with Crippen LogP contribution in [0.25, 0.3) is 0 Å². The Morgan fingerprint density at radius 3 is 2.63 bits per heavy atom. The van der Waals surface area contributed by atoms with Crippen LogP contribution in [0.2, 0.25) is 0 Å². The molecule has 1 aromatic carbocycles. The van der Waals surface area contributed by atoms with Crippen molar-refractivity contribution in [3.8, 4) is 0 Å². The number of ether oxygens (including phenoxy) is 1. The summed E-state index contributed by atoms with van der Waals surface area (Å²) in [4.78, 5) is 40.1. The highest BCUT2D eigenvalue weighted by Crippen LogP contribution is 2.25. The van der Waals surface area contributed by atoms with Gasteiger partial charge in [-0.3, -0.25) is 9.69 Å². The summed E-state index contributed by atoms with van der Waals surface area (Å²) in [5.41, 5.74) is 7.43. The first-order valence-electron chi connectivity index (χ1n) is 9.07. The summed E-state index contributed by atoms with van der Waals surface area (Å²) in [5, 5.41) is 0.984. The molecule has 0 saturated carbocycles. The molecule has 0 bridgehead atoms. The second kappa shape index (κ2) is 8.67. The Morgan fingerprint density at radius 1 is 1.30 bits per heavy atom. The van der Waals surface area contributed by atoms with Crippen molar-refractivity contribution in [3.63, 3.8) is 0 Å². The number of amides is 2. The largest absolute Gasteiger partial charge is 0.443 e. The monoisotopic (exact) mass is 392 g/mol. The van der Waals surface area contributed by atoms with Gasteiger partial charge in [-0.15, -0.1) is 9.24 Å². The van der Waals surface area contributed by atoms with Gasteiger partial charge < -0.3 is 25.1 Å². The van der Waals surface area contributed by atoms with Gasteiger partial charge in [-0.25, -0.2) is 4.79 Å². The molecule has 1 aromatic rings. The molecule has 0 radical (unpaired) electrons. The molecule has 2 fully saturated rings. The van der Waals surface area contributed by atoms with Crippen molar-refractivity contribution in [2.24, 2.45) is 5.73 Å². The minimum atomic E-state index is -0.370. The summed E-state index contributed by atoms with van der Waals surface area (Å²) < 4.78 is 5.21. The number of carbonyl (C=O) groups is 3. The van der Waals surface area contributed by atoms with E-state index in [2.05, 4.69) is 14.1 Å². The second-order valence-corrected chi connectivity index (χ2v) is 7.29. The summed E-state index contributed by atoms with van der Waals surface area (Å²) in [7, 11) is 2.72. The Kier molecular flexibility index (Phi) is 6.29. The fourth-order valence-corrected chi connectivity index (χ4v) is 3.84. The zero-order valence-corrected chi connectivity index (χ0v) is 16.3. The van der Waals surface area contributed by atoms with Gasteiger partial charge in [0.1, 0.15) is 12.4 Å². The zero-order chi connectivity index (χ0) is 19.4. The predicted octanol–water partition coefficient (Wildman–Crippen LogP) is 0.0986. The maximum Gasteiger partial charge on any atom is 0.414 e. The molecule has 2 aliphatic heterocycles. The summed E-state index contributed by atoms with van der Waals surface area (Å²) >= 11 is 0. The highest BCUT2D eigenvalue weighted by Gasteiger charge is 2.31. The first kappa shape index (κ1) is 19.6. The highest BCUT2D eigenvalue weighted by molar-refractivity contribution is 7.28. The zero-order valence-electron chi connectivity index (χ0n) is 15.2. The lowest BCUT2D eigenvalue weighted by atomic mass is 10.2. The van der Waals surface area contributed by atoms with Crippen LogP contribution in [-0.4, -0.2) is 68.6 Å². The van der Waals surface area contributed by atoms with Crippen molar-refractivity contribution in [1.29, 1.82) is 0 Å². The summed E-state index contributed by atoms with van der Waals surface area (Å²) in [6.45, 7) is 3.51. The van der Waals surface area contributed by atoms with Crippen molar-refractivity contribution in [1.82, 2.24) is 4.90 Å². The lowest BCUT2D eigenvalue weighted by Crippen LogP contribution is -2.49. The molecule has 9 heteroatoms. The Morgan fingerprint density at radius 2 is 2.04 bits per heavy atom. The number of rotatable bonds is 6. The van der Waals surface area contributed by atoms with Gasteiger partial charge in [0.2, 0.25) is 5.91 Å². The lowest BCUT2D eigenvalue weighted by molar-refractivity contribution is -0.132. The Balaban J connectivity index is 1.63. The third-order valence-electron chi connectivity index (χ3n) is 4.91. The molecule has 0 aliphatic carbocycles. The number of hydrogen-bond acceptors (Lipinski definition) is 6. The summed E-state index contributed by atoms with van der Waals surface area (Å²) in [6.07, 6.45) is 0.700. The van der Waals surface area contributed by atoms with Crippen molar-refractivity contribution in [2.45, 2.75) is 18.9 Å². The molecule has 0 spiro atoms. The topological polar surface area (TPSA) is 96.2 Å². The molecule has 2 heterocycles. The summed E-state index contributed by atoms with van der Waals surface area (Å²) in [6, 6.07) is 5.84. The maximum atomic E-state index is 12.0. The maximum absolute atomic E-state index is 12.0. The Hall–Kier alpha value is -2.18. The third-order valence-corrected chi connectivity index (χ3v) is 5.37. The predicted molar refractivity (Wildman–Crippen MR) is 107 cm³/mol. The summed E-state index contributed by atoms with van der Waals surface area (Å²) in [5.74, 6) is 0.0326. The molecule has 8 nitrogen and oxygen atoms in total. The number of cyclic esters (lactones) is 1. The minimum absolute atomic E-state index is 0.0326. The third kappa shape index (κ3) is 4.39. The van der Waals surface area contributed by atoms with E-state index in [0.29, 0.717) is 26.2 Å². The molecule has 27 heavy (non-hydrogen) atoms. The number of piperazine rings is 1. The minimum Gasteiger partial charge on any atom is -0.443 e. The van der Waals surface area contributed by atoms with Crippen molar-refractivity contribution >= 4 is 44.2 Å². The van der Waals surface area contributed by atoms with Crippen LogP contribution in [0.1, 0.15) is 12.8 Å². The number of nitrogens with zero attached hydrogens (tertiary/aromatic N) is 3.